The summed E-state index contributed by atoms with van der Waals surface area (Å²) in [5.74, 6) is 1.50. The van der Waals surface area contributed by atoms with Crippen LogP contribution in [0.4, 0.5) is 5.95 Å². The molecule has 4 aromatic rings. The van der Waals surface area contributed by atoms with Crippen molar-refractivity contribution in [2.75, 3.05) is 11.9 Å². The normalized spacial score (nSPS) is 14.3. The standard InChI is InChI=1S/C19H17N5/c1-2-15-10-14(5-6-17(15)20-8-1)16-7-9-24-18(16)12-22-19(23-24)21-11-13-3-4-13/h1-2,5-10,12-13H,3-4,11H2,(H,21,23). The van der Waals surface area contributed by atoms with Crippen LogP contribution in [0.5, 0.6) is 0 Å². The molecule has 1 fully saturated rings. The largest absolute Gasteiger partial charge is 0.353 e. The highest BCUT2D eigenvalue weighted by Gasteiger charge is 2.21. The zero-order valence-electron chi connectivity index (χ0n) is 13.2. The molecule has 3 aromatic heterocycles. The number of pyridine rings is 1. The Hall–Kier alpha value is -2.95. The lowest BCUT2D eigenvalue weighted by molar-refractivity contribution is 0.842. The van der Waals surface area contributed by atoms with Crippen molar-refractivity contribution in [3.63, 3.8) is 0 Å². The summed E-state index contributed by atoms with van der Waals surface area (Å²) < 4.78 is 1.89. The van der Waals surface area contributed by atoms with Gasteiger partial charge in [0.05, 0.1) is 17.2 Å². The van der Waals surface area contributed by atoms with Gasteiger partial charge < -0.3 is 5.32 Å². The van der Waals surface area contributed by atoms with Crippen LogP contribution in [0.3, 0.4) is 0 Å². The van der Waals surface area contributed by atoms with Crippen LogP contribution >= 0.6 is 0 Å². The van der Waals surface area contributed by atoms with E-state index in [-0.39, 0.29) is 0 Å². The van der Waals surface area contributed by atoms with Gasteiger partial charge in [-0.1, -0.05) is 12.1 Å². The molecule has 5 heteroatoms. The molecule has 5 nitrogen and oxygen atoms in total. The van der Waals surface area contributed by atoms with Gasteiger partial charge in [-0.15, -0.1) is 5.10 Å². The molecular formula is C19H17N5. The number of rotatable bonds is 4. The second-order valence-corrected chi connectivity index (χ2v) is 6.38. The molecule has 1 aliphatic carbocycles. The highest BCUT2D eigenvalue weighted by molar-refractivity contribution is 5.88. The second kappa shape index (κ2) is 5.30. The second-order valence-electron chi connectivity index (χ2n) is 6.38. The van der Waals surface area contributed by atoms with Crippen molar-refractivity contribution in [1.29, 1.82) is 0 Å². The van der Waals surface area contributed by atoms with Crippen LogP contribution in [0.25, 0.3) is 27.5 Å². The Balaban J connectivity index is 1.53. The molecule has 3 heterocycles. The first kappa shape index (κ1) is 13.5. The van der Waals surface area contributed by atoms with Crippen molar-refractivity contribution in [2.45, 2.75) is 12.8 Å². The van der Waals surface area contributed by atoms with Crippen LogP contribution in [-0.2, 0) is 0 Å². The number of benzene rings is 1. The van der Waals surface area contributed by atoms with Gasteiger partial charge in [0.2, 0.25) is 5.95 Å². The molecule has 0 unspecified atom stereocenters. The lowest BCUT2D eigenvalue weighted by atomic mass is 10.0. The number of nitrogens with one attached hydrogen (secondary N) is 1. The van der Waals surface area contributed by atoms with Crippen molar-refractivity contribution < 1.29 is 0 Å². The summed E-state index contributed by atoms with van der Waals surface area (Å²) in [6.45, 7) is 0.970. The Morgan fingerprint density at radius 1 is 1.12 bits per heavy atom. The van der Waals surface area contributed by atoms with Gasteiger partial charge in [-0.05, 0) is 48.6 Å². The minimum Gasteiger partial charge on any atom is -0.353 e. The lowest BCUT2D eigenvalue weighted by Gasteiger charge is -2.05. The quantitative estimate of drug-likeness (QED) is 0.623. The first-order valence-electron chi connectivity index (χ1n) is 8.30. The van der Waals surface area contributed by atoms with E-state index < -0.39 is 0 Å². The third kappa shape index (κ3) is 2.38. The van der Waals surface area contributed by atoms with Gasteiger partial charge >= 0.3 is 0 Å². The van der Waals surface area contributed by atoms with E-state index in [1.807, 2.05) is 29.2 Å². The van der Waals surface area contributed by atoms with E-state index in [0.29, 0.717) is 5.95 Å². The molecule has 24 heavy (non-hydrogen) atoms. The third-order valence-electron chi connectivity index (χ3n) is 4.58. The molecule has 118 valence electrons. The van der Waals surface area contributed by atoms with Gasteiger partial charge in [0.1, 0.15) is 0 Å². The first-order valence-corrected chi connectivity index (χ1v) is 8.30. The molecule has 0 saturated heterocycles. The van der Waals surface area contributed by atoms with E-state index in [9.17, 15) is 0 Å². The van der Waals surface area contributed by atoms with Crippen molar-refractivity contribution in [2.24, 2.45) is 5.92 Å². The molecule has 0 amide bonds. The van der Waals surface area contributed by atoms with Crippen molar-refractivity contribution in [1.82, 2.24) is 19.6 Å². The third-order valence-corrected chi connectivity index (χ3v) is 4.58. The van der Waals surface area contributed by atoms with Crippen LogP contribution in [0.2, 0.25) is 0 Å². The summed E-state index contributed by atoms with van der Waals surface area (Å²) in [7, 11) is 0. The van der Waals surface area contributed by atoms with E-state index in [2.05, 4.69) is 50.7 Å². The molecule has 1 saturated carbocycles. The van der Waals surface area contributed by atoms with E-state index in [0.717, 1.165) is 40.0 Å². The van der Waals surface area contributed by atoms with E-state index in [1.54, 1.807) is 0 Å². The molecule has 1 N–H and O–H groups in total. The highest BCUT2D eigenvalue weighted by Crippen LogP contribution is 2.29. The number of nitrogens with zero attached hydrogens (tertiary/aromatic N) is 4. The summed E-state index contributed by atoms with van der Waals surface area (Å²) in [6, 6.07) is 12.5. The summed E-state index contributed by atoms with van der Waals surface area (Å²) >= 11 is 0. The summed E-state index contributed by atoms with van der Waals surface area (Å²) in [5.41, 5.74) is 4.30. The van der Waals surface area contributed by atoms with Crippen molar-refractivity contribution in [3.8, 4) is 11.1 Å². The number of hydrogen-bond donors (Lipinski definition) is 1. The van der Waals surface area contributed by atoms with E-state index in [4.69, 9.17) is 0 Å². The maximum absolute atomic E-state index is 4.57. The molecule has 1 aromatic carbocycles. The average Bonchev–Trinajstić information content (AvgIpc) is 3.37. The molecule has 0 radical (unpaired) electrons. The van der Waals surface area contributed by atoms with Crippen LogP contribution < -0.4 is 5.32 Å². The Labute approximate surface area is 139 Å². The Kier molecular flexibility index (Phi) is 2.98. The molecule has 1 aliphatic rings. The van der Waals surface area contributed by atoms with Gasteiger partial charge in [-0.2, -0.15) is 0 Å². The molecule has 0 spiro atoms. The SMILES string of the molecule is c1cnc2ccc(-c3ccn4nc(NCC5CC5)ncc34)cc2c1. The molecule has 0 bridgehead atoms. The molecule has 5 rings (SSSR count). The first-order chi connectivity index (χ1) is 11.9. The monoisotopic (exact) mass is 315 g/mol. The van der Waals surface area contributed by atoms with Gasteiger partial charge in [0.25, 0.3) is 0 Å². The predicted octanol–water partition coefficient (Wildman–Crippen LogP) is 3.77. The minimum absolute atomic E-state index is 0.694. The fourth-order valence-corrected chi connectivity index (χ4v) is 3.03. The summed E-state index contributed by atoms with van der Waals surface area (Å²) in [4.78, 5) is 8.85. The van der Waals surface area contributed by atoms with Gasteiger partial charge in [-0.25, -0.2) is 9.50 Å². The zero-order valence-corrected chi connectivity index (χ0v) is 13.2. The molecule has 0 atom stereocenters. The Morgan fingerprint density at radius 2 is 2.08 bits per heavy atom. The zero-order chi connectivity index (χ0) is 15.9. The van der Waals surface area contributed by atoms with Crippen LogP contribution in [0.1, 0.15) is 12.8 Å². The van der Waals surface area contributed by atoms with E-state index >= 15 is 0 Å². The lowest BCUT2D eigenvalue weighted by Crippen LogP contribution is -2.08. The average molecular weight is 315 g/mol. The molecule has 0 aliphatic heterocycles. The number of aromatic nitrogens is 4. The van der Waals surface area contributed by atoms with Crippen molar-refractivity contribution in [3.05, 3.63) is 55.0 Å². The maximum Gasteiger partial charge on any atom is 0.241 e. The number of fused-ring (bicyclic) bond motifs is 2. The Morgan fingerprint density at radius 3 is 3.00 bits per heavy atom. The van der Waals surface area contributed by atoms with Crippen molar-refractivity contribution >= 4 is 22.4 Å². The Bertz CT molecular complexity index is 1030. The maximum atomic E-state index is 4.57. The van der Waals surface area contributed by atoms with Crippen LogP contribution in [-0.4, -0.2) is 26.1 Å². The topological polar surface area (TPSA) is 55.1 Å². The predicted molar refractivity (Wildman–Crippen MR) is 94.9 cm³/mol. The smallest absolute Gasteiger partial charge is 0.241 e. The summed E-state index contributed by atoms with van der Waals surface area (Å²) in [5, 5.41) is 9.02. The minimum atomic E-state index is 0.694. The fraction of sp³-hybridized carbons (Fsp3) is 0.211. The fourth-order valence-electron chi connectivity index (χ4n) is 3.03. The van der Waals surface area contributed by atoms with Gasteiger partial charge in [0.15, 0.2) is 0 Å². The van der Waals surface area contributed by atoms with Crippen LogP contribution in [0.15, 0.2) is 55.0 Å². The number of anilines is 1. The van der Waals surface area contributed by atoms with E-state index in [1.165, 1.54) is 12.8 Å². The number of hydrogen-bond acceptors (Lipinski definition) is 4. The highest BCUT2D eigenvalue weighted by atomic mass is 15.3. The molecular weight excluding hydrogens is 298 g/mol. The van der Waals surface area contributed by atoms with Crippen LogP contribution in [0, 0.1) is 5.92 Å². The van der Waals surface area contributed by atoms with Gasteiger partial charge in [-0.3, -0.25) is 4.98 Å². The van der Waals surface area contributed by atoms with Gasteiger partial charge in [0, 0.05) is 29.9 Å². The summed E-state index contributed by atoms with van der Waals surface area (Å²) in [6.07, 6.45) is 8.34.